The third-order valence-corrected chi connectivity index (χ3v) is 8.13. The van der Waals surface area contributed by atoms with Gasteiger partial charge in [-0.1, -0.05) is 78.4 Å². The molecule has 0 saturated heterocycles. The zero-order valence-electron chi connectivity index (χ0n) is 21.1. The zero-order valence-corrected chi connectivity index (χ0v) is 21.9. The Bertz CT molecular complexity index is 1550. The van der Waals surface area contributed by atoms with Crippen LogP contribution in [0.2, 0.25) is 0 Å². The summed E-state index contributed by atoms with van der Waals surface area (Å²) in [7, 11) is -4.17. The van der Waals surface area contributed by atoms with Gasteiger partial charge in [-0.05, 0) is 55.3 Å². The van der Waals surface area contributed by atoms with Gasteiger partial charge in [0, 0.05) is 5.57 Å². The summed E-state index contributed by atoms with van der Waals surface area (Å²) in [4.78, 5) is 13.4. The number of nitrogens with zero attached hydrogens (tertiary/aromatic N) is 1. The minimum Gasteiger partial charge on any atom is -0.467 e. The molecular formula is C31H27NO5S. The van der Waals surface area contributed by atoms with E-state index >= 15 is 0 Å². The van der Waals surface area contributed by atoms with Crippen LogP contribution in [0.3, 0.4) is 0 Å². The number of hydrogen-bond acceptors (Lipinski definition) is 5. The molecule has 0 saturated carbocycles. The lowest BCUT2D eigenvalue weighted by Crippen LogP contribution is -2.33. The van der Waals surface area contributed by atoms with E-state index in [1.54, 1.807) is 49.4 Å². The molecule has 0 radical (unpaired) electrons. The predicted molar refractivity (Wildman–Crippen MR) is 145 cm³/mol. The number of esters is 1. The van der Waals surface area contributed by atoms with Crippen LogP contribution in [0.4, 0.5) is 0 Å². The first kappa shape index (κ1) is 25.3. The van der Waals surface area contributed by atoms with Gasteiger partial charge in [0.15, 0.2) is 0 Å². The summed E-state index contributed by atoms with van der Waals surface area (Å²) in [5, 5.41) is 0. The first-order valence-electron chi connectivity index (χ1n) is 12.3. The Morgan fingerprint density at radius 1 is 0.868 bits per heavy atom. The van der Waals surface area contributed by atoms with E-state index in [0.717, 1.165) is 16.7 Å². The second-order valence-corrected chi connectivity index (χ2v) is 10.7. The Morgan fingerprint density at radius 2 is 1.47 bits per heavy atom. The number of sulfonamides is 1. The van der Waals surface area contributed by atoms with Crippen molar-refractivity contribution in [2.24, 2.45) is 0 Å². The van der Waals surface area contributed by atoms with Crippen molar-refractivity contribution in [2.75, 3.05) is 6.61 Å². The van der Waals surface area contributed by atoms with Gasteiger partial charge in [0.25, 0.3) is 10.0 Å². The predicted octanol–water partition coefficient (Wildman–Crippen LogP) is 6.28. The van der Waals surface area contributed by atoms with Crippen LogP contribution in [-0.4, -0.2) is 25.3 Å². The van der Waals surface area contributed by atoms with Crippen molar-refractivity contribution >= 4 is 21.6 Å². The summed E-state index contributed by atoms with van der Waals surface area (Å²) in [5.41, 5.74) is 3.74. The third kappa shape index (κ3) is 4.68. The highest BCUT2D eigenvalue weighted by atomic mass is 32.2. The summed E-state index contributed by atoms with van der Waals surface area (Å²) in [6.07, 6.45) is 3.08. The highest BCUT2D eigenvalue weighted by Crippen LogP contribution is 2.47. The summed E-state index contributed by atoms with van der Waals surface area (Å²) in [6.45, 7) is 3.76. The lowest BCUT2D eigenvalue weighted by atomic mass is 9.96. The van der Waals surface area contributed by atoms with Crippen LogP contribution >= 0.6 is 0 Å². The molecule has 0 spiro atoms. The molecule has 3 aromatic carbocycles. The lowest BCUT2D eigenvalue weighted by molar-refractivity contribution is -0.139. The van der Waals surface area contributed by atoms with Crippen molar-refractivity contribution in [2.45, 2.75) is 24.8 Å². The molecular weight excluding hydrogens is 498 g/mol. The molecule has 7 heteroatoms. The molecule has 1 atom stereocenters. The number of benzene rings is 3. The molecule has 1 aliphatic heterocycles. The van der Waals surface area contributed by atoms with Crippen molar-refractivity contribution in [3.05, 3.63) is 143 Å². The molecule has 0 N–H and O–H groups in total. The van der Waals surface area contributed by atoms with Gasteiger partial charge in [0.05, 0.1) is 29.0 Å². The maximum atomic E-state index is 14.4. The van der Waals surface area contributed by atoms with Gasteiger partial charge in [-0.25, -0.2) is 13.2 Å². The third-order valence-electron chi connectivity index (χ3n) is 6.34. The van der Waals surface area contributed by atoms with E-state index in [1.807, 2.05) is 67.6 Å². The van der Waals surface area contributed by atoms with Gasteiger partial charge >= 0.3 is 5.97 Å². The Hall–Kier alpha value is -4.36. The monoisotopic (exact) mass is 525 g/mol. The molecule has 1 aromatic heterocycles. The fourth-order valence-electron chi connectivity index (χ4n) is 4.60. The number of rotatable bonds is 7. The Balaban J connectivity index is 1.86. The Morgan fingerprint density at radius 3 is 2.00 bits per heavy atom. The van der Waals surface area contributed by atoms with E-state index < -0.39 is 22.0 Å². The van der Waals surface area contributed by atoms with E-state index in [1.165, 1.54) is 10.6 Å². The topological polar surface area (TPSA) is 76.8 Å². The molecule has 4 aromatic rings. The molecule has 0 fully saturated rings. The highest BCUT2D eigenvalue weighted by molar-refractivity contribution is 7.89. The standard InChI is InChI=1S/C31H27NO5S/c1-3-36-31(33)26-21-27(29(23-11-6-4-7-12-23)24-13-8-5-9-14-24)32(30(26)28-15-10-20-37-28)38(34,35)25-18-16-22(2)17-19-25/h4-21,30H,3H2,1-2H3. The van der Waals surface area contributed by atoms with Gasteiger partial charge in [0.2, 0.25) is 0 Å². The SMILES string of the molecule is CCOC(=O)C1=CC(=C(c2ccccc2)c2ccccc2)N(S(=O)(=O)c2ccc(C)cc2)C1c1ccco1. The summed E-state index contributed by atoms with van der Waals surface area (Å²) in [6, 6.07) is 28.0. The average Bonchev–Trinajstić information content (AvgIpc) is 3.59. The van der Waals surface area contributed by atoms with Crippen LogP contribution in [0.1, 0.15) is 35.4 Å². The summed E-state index contributed by atoms with van der Waals surface area (Å²) < 4.78 is 41.2. The molecule has 0 amide bonds. The second kappa shape index (κ2) is 10.6. The van der Waals surface area contributed by atoms with E-state index in [4.69, 9.17) is 9.15 Å². The van der Waals surface area contributed by atoms with Crippen molar-refractivity contribution in [1.29, 1.82) is 0 Å². The van der Waals surface area contributed by atoms with Crippen LogP contribution in [0, 0.1) is 6.92 Å². The maximum absolute atomic E-state index is 14.4. The first-order valence-corrected chi connectivity index (χ1v) is 13.7. The molecule has 2 heterocycles. The number of carbonyl (C=O) groups excluding carboxylic acids is 1. The Kier molecular flexibility index (Phi) is 7.03. The minimum atomic E-state index is -4.17. The van der Waals surface area contributed by atoms with Gasteiger partial charge in [-0.2, -0.15) is 0 Å². The summed E-state index contributed by atoms with van der Waals surface area (Å²) >= 11 is 0. The van der Waals surface area contributed by atoms with E-state index in [-0.39, 0.29) is 17.1 Å². The van der Waals surface area contributed by atoms with E-state index in [2.05, 4.69) is 0 Å². The zero-order chi connectivity index (χ0) is 26.7. The maximum Gasteiger partial charge on any atom is 0.336 e. The van der Waals surface area contributed by atoms with Gasteiger partial charge < -0.3 is 9.15 Å². The van der Waals surface area contributed by atoms with Gasteiger partial charge in [0.1, 0.15) is 11.8 Å². The van der Waals surface area contributed by atoms with E-state index in [9.17, 15) is 13.2 Å². The average molecular weight is 526 g/mol. The van der Waals surface area contributed by atoms with Crippen molar-refractivity contribution in [1.82, 2.24) is 4.31 Å². The number of aryl methyl sites for hydroxylation is 1. The molecule has 1 aliphatic rings. The Labute approximate surface area is 222 Å². The largest absolute Gasteiger partial charge is 0.467 e. The van der Waals surface area contributed by atoms with Crippen LogP contribution in [0.25, 0.3) is 5.57 Å². The number of carbonyl (C=O) groups is 1. The van der Waals surface area contributed by atoms with Gasteiger partial charge in [-0.15, -0.1) is 0 Å². The van der Waals surface area contributed by atoms with Crippen LogP contribution in [0.15, 0.2) is 130 Å². The highest BCUT2D eigenvalue weighted by Gasteiger charge is 2.46. The van der Waals surface area contributed by atoms with Crippen LogP contribution in [0.5, 0.6) is 0 Å². The number of furan rings is 1. The number of ether oxygens (including phenoxy) is 1. The number of hydrogen-bond donors (Lipinski definition) is 0. The molecule has 0 aliphatic carbocycles. The minimum absolute atomic E-state index is 0.108. The van der Waals surface area contributed by atoms with Crippen LogP contribution in [-0.2, 0) is 19.6 Å². The molecule has 192 valence electrons. The lowest BCUT2D eigenvalue weighted by Gasteiger charge is -2.29. The fraction of sp³-hybridized carbons (Fsp3) is 0.129. The first-order chi connectivity index (χ1) is 18.4. The van der Waals surface area contributed by atoms with Gasteiger partial charge in [-0.3, -0.25) is 4.31 Å². The smallest absolute Gasteiger partial charge is 0.336 e. The summed E-state index contributed by atoms with van der Waals surface area (Å²) in [5.74, 6) is -0.288. The van der Waals surface area contributed by atoms with E-state index in [0.29, 0.717) is 17.0 Å². The van der Waals surface area contributed by atoms with Crippen molar-refractivity contribution < 1.29 is 22.4 Å². The van der Waals surface area contributed by atoms with Crippen molar-refractivity contribution in [3.63, 3.8) is 0 Å². The molecule has 0 bridgehead atoms. The fourth-order valence-corrected chi connectivity index (χ4v) is 6.21. The molecule has 5 rings (SSSR count). The van der Waals surface area contributed by atoms with Crippen LogP contribution < -0.4 is 0 Å². The quantitative estimate of drug-likeness (QED) is 0.265. The molecule has 38 heavy (non-hydrogen) atoms. The second-order valence-electron chi connectivity index (χ2n) is 8.84. The van der Waals surface area contributed by atoms with Crippen molar-refractivity contribution in [3.8, 4) is 0 Å². The normalized spacial score (nSPS) is 15.3. The number of allylic oxidation sites excluding steroid dienone is 1. The molecule has 1 unspecified atom stereocenters. The molecule has 6 nitrogen and oxygen atoms in total.